The molecule has 0 N–H and O–H groups in total. The molecule has 0 atom stereocenters. The van der Waals surface area contributed by atoms with E-state index in [2.05, 4.69) is 28.8 Å². The molecule has 2 rings (SSSR count). The molecule has 1 aliphatic carbocycles. The molecule has 1 saturated carbocycles. The second kappa shape index (κ2) is 5.83. The van der Waals surface area contributed by atoms with Crippen molar-refractivity contribution in [1.29, 1.82) is 0 Å². The molecule has 0 bridgehead atoms. The molecule has 4 nitrogen and oxygen atoms in total. The lowest BCUT2D eigenvalue weighted by Crippen LogP contribution is -2.49. The van der Waals surface area contributed by atoms with E-state index in [1.165, 1.54) is 13.0 Å². The fraction of sp³-hybridized carbons (Fsp3) is 0.923. The van der Waals surface area contributed by atoms with Crippen molar-refractivity contribution < 1.29 is 4.79 Å². The predicted molar refractivity (Wildman–Crippen MR) is 68.9 cm³/mol. The summed E-state index contributed by atoms with van der Waals surface area (Å²) in [7, 11) is 4.23. The van der Waals surface area contributed by atoms with Gasteiger partial charge in [-0.1, -0.05) is 0 Å². The zero-order valence-electron chi connectivity index (χ0n) is 11.2. The van der Waals surface area contributed by atoms with Crippen molar-refractivity contribution in [1.82, 2.24) is 14.7 Å². The lowest BCUT2D eigenvalue weighted by molar-refractivity contribution is -0.134. The van der Waals surface area contributed by atoms with Crippen molar-refractivity contribution in [2.45, 2.75) is 19.3 Å². The minimum Gasteiger partial charge on any atom is -0.340 e. The van der Waals surface area contributed by atoms with Gasteiger partial charge < -0.3 is 9.80 Å². The Bertz CT molecular complexity index is 255. The first-order valence-corrected chi connectivity index (χ1v) is 6.82. The van der Waals surface area contributed by atoms with E-state index < -0.39 is 0 Å². The van der Waals surface area contributed by atoms with E-state index >= 15 is 0 Å². The number of nitrogens with zero attached hydrogens (tertiary/aromatic N) is 3. The Kier molecular flexibility index (Phi) is 4.40. The van der Waals surface area contributed by atoms with Crippen LogP contribution in [-0.4, -0.2) is 74.0 Å². The first-order chi connectivity index (χ1) is 8.16. The Morgan fingerprint density at radius 3 is 2.35 bits per heavy atom. The number of carbonyl (C=O) groups excluding carboxylic acids is 1. The van der Waals surface area contributed by atoms with Gasteiger partial charge in [0.2, 0.25) is 5.91 Å². The van der Waals surface area contributed by atoms with Gasteiger partial charge in [0.25, 0.3) is 0 Å². The molecule has 1 saturated heterocycles. The van der Waals surface area contributed by atoms with Crippen molar-refractivity contribution >= 4 is 5.91 Å². The van der Waals surface area contributed by atoms with Crippen LogP contribution < -0.4 is 0 Å². The van der Waals surface area contributed by atoms with Crippen molar-refractivity contribution in [2.75, 3.05) is 53.4 Å². The molecule has 98 valence electrons. The van der Waals surface area contributed by atoms with Gasteiger partial charge in [-0.05, 0) is 46.4 Å². The normalized spacial score (nSPS) is 22.2. The molecule has 17 heavy (non-hydrogen) atoms. The van der Waals surface area contributed by atoms with Crippen molar-refractivity contribution in [3.05, 3.63) is 0 Å². The fourth-order valence-electron chi connectivity index (χ4n) is 2.39. The molecule has 0 spiro atoms. The monoisotopic (exact) mass is 239 g/mol. The van der Waals surface area contributed by atoms with E-state index in [0.29, 0.717) is 11.8 Å². The Morgan fingerprint density at radius 2 is 1.82 bits per heavy atom. The summed E-state index contributed by atoms with van der Waals surface area (Å²) in [4.78, 5) is 18.7. The van der Waals surface area contributed by atoms with Crippen molar-refractivity contribution in [3.8, 4) is 0 Å². The van der Waals surface area contributed by atoms with Gasteiger partial charge in [-0.25, -0.2) is 0 Å². The summed E-state index contributed by atoms with van der Waals surface area (Å²) in [5.74, 6) is 0.799. The van der Waals surface area contributed by atoms with Crippen LogP contribution in [0.5, 0.6) is 0 Å². The summed E-state index contributed by atoms with van der Waals surface area (Å²) < 4.78 is 0. The highest BCUT2D eigenvalue weighted by atomic mass is 16.2. The number of hydrogen-bond donors (Lipinski definition) is 0. The van der Waals surface area contributed by atoms with Gasteiger partial charge in [-0.15, -0.1) is 0 Å². The second-order valence-electron chi connectivity index (χ2n) is 5.60. The molecule has 1 heterocycles. The Balaban J connectivity index is 1.62. The van der Waals surface area contributed by atoms with E-state index in [4.69, 9.17) is 0 Å². The quantitative estimate of drug-likeness (QED) is 0.699. The van der Waals surface area contributed by atoms with Crippen molar-refractivity contribution in [3.63, 3.8) is 0 Å². The fourth-order valence-corrected chi connectivity index (χ4v) is 2.39. The summed E-state index contributed by atoms with van der Waals surface area (Å²) in [6.07, 6.45) is 3.48. The van der Waals surface area contributed by atoms with Gasteiger partial charge >= 0.3 is 0 Å². The molecule has 2 fully saturated rings. The molecule has 0 aromatic heterocycles. The molecule has 1 aliphatic heterocycles. The molecule has 1 amide bonds. The molecular weight excluding hydrogens is 214 g/mol. The largest absolute Gasteiger partial charge is 0.340 e. The highest BCUT2D eigenvalue weighted by molar-refractivity contribution is 5.81. The zero-order chi connectivity index (χ0) is 12.3. The third-order valence-electron chi connectivity index (χ3n) is 3.69. The standard InChI is InChI=1S/C13H25N3O/c1-14(2)6-3-7-15-8-10-16(11-9-15)13(17)12-4-5-12/h12H,3-11H2,1-2H3. The van der Waals surface area contributed by atoms with E-state index in [1.54, 1.807) is 0 Å². The van der Waals surface area contributed by atoms with Gasteiger partial charge in [0, 0.05) is 32.1 Å². The van der Waals surface area contributed by atoms with Crippen LogP contribution in [0.4, 0.5) is 0 Å². The predicted octanol–water partition coefficient (Wildman–Crippen LogP) is 0.492. The van der Waals surface area contributed by atoms with Crippen LogP contribution in [0, 0.1) is 5.92 Å². The number of amides is 1. The molecule has 0 radical (unpaired) electrons. The van der Waals surface area contributed by atoms with E-state index in [-0.39, 0.29) is 0 Å². The van der Waals surface area contributed by atoms with Crippen LogP contribution in [0.2, 0.25) is 0 Å². The van der Waals surface area contributed by atoms with Gasteiger partial charge in [-0.3, -0.25) is 9.69 Å². The highest BCUT2D eigenvalue weighted by Crippen LogP contribution is 2.31. The van der Waals surface area contributed by atoms with Gasteiger partial charge in [0.05, 0.1) is 0 Å². The van der Waals surface area contributed by atoms with Crippen molar-refractivity contribution in [2.24, 2.45) is 5.92 Å². The average molecular weight is 239 g/mol. The highest BCUT2D eigenvalue weighted by Gasteiger charge is 2.34. The maximum Gasteiger partial charge on any atom is 0.225 e. The van der Waals surface area contributed by atoms with E-state index in [9.17, 15) is 4.79 Å². The second-order valence-corrected chi connectivity index (χ2v) is 5.60. The molecule has 0 unspecified atom stereocenters. The van der Waals surface area contributed by atoms with Crippen LogP contribution in [-0.2, 0) is 4.79 Å². The van der Waals surface area contributed by atoms with Crippen LogP contribution in [0.25, 0.3) is 0 Å². The molecular formula is C13H25N3O. The minimum absolute atomic E-state index is 0.385. The molecule has 0 aromatic carbocycles. The summed E-state index contributed by atoms with van der Waals surface area (Å²) in [6, 6.07) is 0. The topological polar surface area (TPSA) is 26.8 Å². The zero-order valence-corrected chi connectivity index (χ0v) is 11.2. The van der Waals surface area contributed by atoms with E-state index in [0.717, 1.165) is 45.6 Å². The Morgan fingerprint density at radius 1 is 1.18 bits per heavy atom. The molecule has 0 aromatic rings. The van der Waals surface area contributed by atoms with Crippen LogP contribution in [0.3, 0.4) is 0 Å². The number of piperazine rings is 1. The first kappa shape index (κ1) is 12.8. The van der Waals surface area contributed by atoms with Gasteiger partial charge in [0.15, 0.2) is 0 Å². The summed E-state index contributed by atoms with van der Waals surface area (Å²) in [5.41, 5.74) is 0. The average Bonchev–Trinajstić information content (AvgIpc) is 3.12. The number of carbonyl (C=O) groups is 1. The SMILES string of the molecule is CN(C)CCCN1CCN(C(=O)C2CC2)CC1. The van der Waals surface area contributed by atoms with Gasteiger partial charge in [-0.2, -0.15) is 0 Å². The summed E-state index contributed by atoms with van der Waals surface area (Å²) >= 11 is 0. The smallest absolute Gasteiger partial charge is 0.225 e. The third-order valence-corrected chi connectivity index (χ3v) is 3.69. The maximum atomic E-state index is 11.9. The van der Waals surface area contributed by atoms with Gasteiger partial charge in [0.1, 0.15) is 0 Å². The molecule has 4 heteroatoms. The maximum absolute atomic E-state index is 11.9. The van der Waals surface area contributed by atoms with Crippen LogP contribution in [0.15, 0.2) is 0 Å². The third kappa shape index (κ3) is 3.96. The number of hydrogen-bond acceptors (Lipinski definition) is 3. The lowest BCUT2D eigenvalue weighted by Gasteiger charge is -2.35. The Hall–Kier alpha value is -0.610. The van der Waals surface area contributed by atoms with E-state index in [1.807, 2.05) is 0 Å². The summed E-state index contributed by atoms with van der Waals surface area (Å²) in [6.45, 7) is 6.33. The lowest BCUT2D eigenvalue weighted by atomic mass is 10.2. The Labute approximate surface area is 105 Å². The first-order valence-electron chi connectivity index (χ1n) is 6.82. The summed E-state index contributed by atoms with van der Waals surface area (Å²) in [5, 5.41) is 0. The van der Waals surface area contributed by atoms with Crippen LogP contribution in [0.1, 0.15) is 19.3 Å². The number of rotatable bonds is 5. The van der Waals surface area contributed by atoms with Crippen LogP contribution >= 0.6 is 0 Å². The molecule has 2 aliphatic rings. The minimum atomic E-state index is 0.385.